The van der Waals surface area contributed by atoms with E-state index in [-0.39, 0.29) is 0 Å². The summed E-state index contributed by atoms with van der Waals surface area (Å²) in [6.07, 6.45) is 0. The monoisotopic (exact) mass is 310 g/mol. The molecule has 0 unspecified atom stereocenters. The molecule has 0 atom stereocenters. The summed E-state index contributed by atoms with van der Waals surface area (Å²) >= 11 is 0. The molecular weight excluding hydrogens is 292 g/mol. The lowest BCUT2D eigenvalue weighted by atomic mass is 10.0. The standard InChI is InChI=1S/C18H18N2O3/c1-11-14-9-16(22-3)17(23-4)10-15(14)18(20-19-11)12-5-7-13(21-2)8-6-12/h5-10H,1-4H3. The van der Waals surface area contributed by atoms with E-state index in [2.05, 4.69) is 10.2 Å². The number of benzene rings is 2. The second-order valence-corrected chi connectivity index (χ2v) is 5.12. The first kappa shape index (κ1) is 15.1. The van der Waals surface area contributed by atoms with E-state index < -0.39 is 0 Å². The number of aryl methyl sites for hydroxylation is 1. The van der Waals surface area contributed by atoms with Crippen molar-refractivity contribution in [3.63, 3.8) is 0 Å². The van der Waals surface area contributed by atoms with Crippen molar-refractivity contribution in [3.05, 3.63) is 42.1 Å². The Kier molecular flexibility index (Phi) is 4.02. The normalized spacial score (nSPS) is 10.6. The van der Waals surface area contributed by atoms with Gasteiger partial charge in [-0.25, -0.2) is 0 Å². The Bertz CT molecular complexity index is 845. The lowest BCUT2D eigenvalue weighted by Gasteiger charge is -2.12. The van der Waals surface area contributed by atoms with Crippen molar-refractivity contribution in [3.8, 4) is 28.5 Å². The molecule has 5 heteroatoms. The van der Waals surface area contributed by atoms with Gasteiger partial charge in [0, 0.05) is 16.3 Å². The Balaban J connectivity index is 2.26. The molecule has 3 rings (SSSR count). The minimum atomic E-state index is 0.669. The SMILES string of the molecule is COc1ccc(-c2nnc(C)c3cc(OC)c(OC)cc23)cc1. The molecule has 118 valence electrons. The fraction of sp³-hybridized carbons (Fsp3) is 0.222. The van der Waals surface area contributed by atoms with Crippen molar-refractivity contribution in [2.45, 2.75) is 6.92 Å². The first-order chi connectivity index (χ1) is 11.2. The van der Waals surface area contributed by atoms with E-state index in [0.717, 1.165) is 33.5 Å². The molecule has 0 radical (unpaired) electrons. The summed E-state index contributed by atoms with van der Waals surface area (Å²) in [5.74, 6) is 2.15. The number of methoxy groups -OCH3 is 3. The second-order valence-electron chi connectivity index (χ2n) is 5.12. The number of hydrogen-bond acceptors (Lipinski definition) is 5. The topological polar surface area (TPSA) is 53.5 Å². The molecule has 0 fully saturated rings. The minimum Gasteiger partial charge on any atom is -0.497 e. The zero-order chi connectivity index (χ0) is 16.4. The van der Waals surface area contributed by atoms with Crippen LogP contribution in [0.5, 0.6) is 17.2 Å². The number of nitrogens with zero attached hydrogens (tertiary/aromatic N) is 2. The minimum absolute atomic E-state index is 0.669. The van der Waals surface area contributed by atoms with Gasteiger partial charge in [0.05, 0.1) is 27.0 Å². The van der Waals surface area contributed by atoms with Gasteiger partial charge in [-0.1, -0.05) is 0 Å². The number of rotatable bonds is 4. The van der Waals surface area contributed by atoms with Gasteiger partial charge in [-0.15, -0.1) is 5.10 Å². The van der Waals surface area contributed by atoms with Crippen LogP contribution in [0, 0.1) is 6.92 Å². The highest BCUT2D eigenvalue weighted by molar-refractivity contribution is 5.97. The zero-order valence-electron chi connectivity index (χ0n) is 13.6. The van der Waals surface area contributed by atoms with Crippen LogP contribution >= 0.6 is 0 Å². The third-order valence-electron chi connectivity index (χ3n) is 3.83. The molecule has 1 aromatic heterocycles. The van der Waals surface area contributed by atoms with Gasteiger partial charge in [-0.3, -0.25) is 0 Å². The molecule has 3 aromatic rings. The highest BCUT2D eigenvalue weighted by Gasteiger charge is 2.14. The van der Waals surface area contributed by atoms with Gasteiger partial charge in [-0.2, -0.15) is 5.10 Å². The van der Waals surface area contributed by atoms with Crippen LogP contribution in [0.2, 0.25) is 0 Å². The highest BCUT2D eigenvalue weighted by atomic mass is 16.5. The zero-order valence-corrected chi connectivity index (χ0v) is 13.6. The van der Waals surface area contributed by atoms with E-state index in [1.807, 2.05) is 43.3 Å². The molecule has 1 heterocycles. The predicted octanol–water partition coefficient (Wildman–Crippen LogP) is 3.63. The Morgan fingerprint density at radius 1 is 0.739 bits per heavy atom. The molecule has 0 saturated heterocycles. The smallest absolute Gasteiger partial charge is 0.161 e. The number of ether oxygens (including phenoxy) is 3. The Hall–Kier alpha value is -2.82. The first-order valence-electron chi connectivity index (χ1n) is 7.21. The maximum absolute atomic E-state index is 5.42. The Morgan fingerprint density at radius 3 is 1.91 bits per heavy atom. The van der Waals surface area contributed by atoms with Crippen LogP contribution < -0.4 is 14.2 Å². The molecule has 0 amide bonds. The lowest BCUT2D eigenvalue weighted by molar-refractivity contribution is 0.356. The fourth-order valence-electron chi connectivity index (χ4n) is 2.57. The molecule has 0 aliphatic heterocycles. The van der Waals surface area contributed by atoms with Gasteiger partial charge < -0.3 is 14.2 Å². The van der Waals surface area contributed by atoms with Gasteiger partial charge in [0.15, 0.2) is 11.5 Å². The summed E-state index contributed by atoms with van der Waals surface area (Å²) < 4.78 is 16.0. The van der Waals surface area contributed by atoms with Crippen molar-refractivity contribution < 1.29 is 14.2 Å². The van der Waals surface area contributed by atoms with Crippen LogP contribution in [-0.2, 0) is 0 Å². The predicted molar refractivity (Wildman–Crippen MR) is 89.4 cm³/mol. The van der Waals surface area contributed by atoms with Crippen molar-refractivity contribution in [1.82, 2.24) is 10.2 Å². The van der Waals surface area contributed by atoms with Gasteiger partial charge >= 0.3 is 0 Å². The number of hydrogen-bond donors (Lipinski definition) is 0. The fourth-order valence-corrected chi connectivity index (χ4v) is 2.57. The van der Waals surface area contributed by atoms with Gasteiger partial charge in [0.1, 0.15) is 11.4 Å². The summed E-state index contributed by atoms with van der Waals surface area (Å²) in [7, 11) is 4.89. The van der Waals surface area contributed by atoms with E-state index in [1.54, 1.807) is 21.3 Å². The van der Waals surface area contributed by atoms with E-state index >= 15 is 0 Å². The first-order valence-corrected chi connectivity index (χ1v) is 7.21. The third kappa shape index (κ3) is 2.65. The van der Waals surface area contributed by atoms with Crippen LogP contribution in [0.15, 0.2) is 36.4 Å². The van der Waals surface area contributed by atoms with Crippen LogP contribution in [0.1, 0.15) is 5.69 Å². The van der Waals surface area contributed by atoms with Crippen LogP contribution in [0.25, 0.3) is 22.0 Å². The quantitative estimate of drug-likeness (QED) is 0.736. The van der Waals surface area contributed by atoms with E-state index in [1.165, 1.54) is 0 Å². The second kappa shape index (κ2) is 6.12. The molecular formula is C18H18N2O3. The summed E-state index contributed by atoms with van der Waals surface area (Å²) in [4.78, 5) is 0. The van der Waals surface area contributed by atoms with Gasteiger partial charge in [-0.05, 0) is 43.3 Å². The van der Waals surface area contributed by atoms with E-state index in [0.29, 0.717) is 11.5 Å². The lowest BCUT2D eigenvalue weighted by Crippen LogP contribution is -1.97. The number of aromatic nitrogens is 2. The summed E-state index contributed by atoms with van der Waals surface area (Å²) in [6, 6.07) is 11.6. The summed E-state index contributed by atoms with van der Waals surface area (Å²) in [6.45, 7) is 1.93. The molecule has 0 N–H and O–H groups in total. The van der Waals surface area contributed by atoms with Crippen molar-refractivity contribution in [1.29, 1.82) is 0 Å². The highest BCUT2D eigenvalue weighted by Crippen LogP contribution is 2.37. The van der Waals surface area contributed by atoms with Crippen LogP contribution in [0.4, 0.5) is 0 Å². The van der Waals surface area contributed by atoms with E-state index in [4.69, 9.17) is 14.2 Å². The average molecular weight is 310 g/mol. The molecule has 0 spiro atoms. The van der Waals surface area contributed by atoms with Crippen molar-refractivity contribution in [2.75, 3.05) is 21.3 Å². The van der Waals surface area contributed by atoms with Crippen molar-refractivity contribution in [2.24, 2.45) is 0 Å². The largest absolute Gasteiger partial charge is 0.497 e. The van der Waals surface area contributed by atoms with E-state index in [9.17, 15) is 0 Å². The van der Waals surface area contributed by atoms with Gasteiger partial charge in [0.2, 0.25) is 0 Å². The molecule has 5 nitrogen and oxygen atoms in total. The molecule has 0 saturated carbocycles. The summed E-state index contributed by atoms with van der Waals surface area (Å²) in [5.41, 5.74) is 2.61. The Morgan fingerprint density at radius 2 is 1.35 bits per heavy atom. The molecule has 2 aromatic carbocycles. The third-order valence-corrected chi connectivity index (χ3v) is 3.83. The maximum atomic E-state index is 5.42. The van der Waals surface area contributed by atoms with Crippen molar-refractivity contribution >= 4 is 10.8 Å². The molecule has 23 heavy (non-hydrogen) atoms. The van der Waals surface area contributed by atoms with Crippen LogP contribution in [0.3, 0.4) is 0 Å². The average Bonchev–Trinajstić information content (AvgIpc) is 2.61. The molecule has 0 aliphatic rings. The molecule has 0 aliphatic carbocycles. The van der Waals surface area contributed by atoms with Crippen LogP contribution in [-0.4, -0.2) is 31.5 Å². The van der Waals surface area contributed by atoms with Gasteiger partial charge in [0.25, 0.3) is 0 Å². The number of fused-ring (bicyclic) bond motifs is 1. The molecule has 0 bridgehead atoms. The summed E-state index contributed by atoms with van der Waals surface area (Å²) in [5, 5.41) is 10.6. The Labute approximate surface area is 134 Å². The maximum Gasteiger partial charge on any atom is 0.161 e.